The van der Waals surface area contributed by atoms with Crippen LogP contribution in [0.5, 0.6) is 0 Å². The third kappa shape index (κ3) is 4.31. The first-order valence-electron chi connectivity index (χ1n) is 10.00. The van der Waals surface area contributed by atoms with Gasteiger partial charge in [0.25, 0.3) is 0 Å². The predicted molar refractivity (Wildman–Crippen MR) is 113 cm³/mol. The molecular weight excluding hydrogens is 369 g/mol. The average molecular weight is 395 g/mol. The summed E-state index contributed by atoms with van der Waals surface area (Å²) in [6.07, 6.45) is 3.77. The Bertz CT molecular complexity index is 976. The third-order valence-electron chi connectivity index (χ3n) is 5.23. The molecule has 0 amide bonds. The number of nitrogens with one attached hydrogen (secondary N) is 1. The molecule has 29 heavy (non-hydrogen) atoms. The number of guanidine groups is 1. The lowest BCUT2D eigenvalue weighted by atomic mass is 10.2. The van der Waals surface area contributed by atoms with Gasteiger partial charge in [0.15, 0.2) is 11.6 Å². The zero-order chi connectivity index (χ0) is 20.1. The lowest BCUT2D eigenvalue weighted by Gasteiger charge is -2.37. The molecule has 3 heterocycles. The van der Waals surface area contributed by atoms with E-state index in [9.17, 15) is 4.39 Å². The fourth-order valence-corrected chi connectivity index (χ4v) is 3.71. The van der Waals surface area contributed by atoms with E-state index in [2.05, 4.69) is 30.3 Å². The number of nitrogens with zero attached hydrogens (tertiary/aromatic N) is 6. The number of para-hydroxylation sites is 1. The number of piperazine rings is 1. The molecule has 0 unspecified atom stereocenters. The molecule has 7 nitrogen and oxygen atoms in total. The van der Waals surface area contributed by atoms with Gasteiger partial charge in [0.05, 0.1) is 5.69 Å². The molecule has 0 aliphatic carbocycles. The lowest BCUT2D eigenvalue weighted by molar-refractivity contribution is 0.370. The second-order valence-corrected chi connectivity index (χ2v) is 7.05. The van der Waals surface area contributed by atoms with Crippen molar-refractivity contribution in [1.82, 2.24) is 24.8 Å². The van der Waals surface area contributed by atoms with E-state index >= 15 is 0 Å². The van der Waals surface area contributed by atoms with E-state index in [-0.39, 0.29) is 5.82 Å². The maximum Gasteiger partial charge on any atom is 0.193 e. The Morgan fingerprint density at radius 2 is 1.86 bits per heavy atom. The molecule has 1 aromatic carbocycles. The largest absolute Gasteiger partial charge is 0.366 e. The lowest BCUT2D eigenvalue weighted by Crippen LogP contribution is -2.52. The van der Waals surface area contributed by atoms with E-state index in [1.54, 1.807) is 13.1 Å². The van der Waals surface area contributed by atoms with E-state index < -0.39 is 0 Å². The first-order valence-corrected chi connectivity index (χ1v) is 10.00. The van der Waals surface area contributed by atoms with Crippen LogP contribution in [0.3, 0.4) is 0 Å². The van der Waals surface area contributed by atoms with Crippen LogP contribution < -0.4 is 10.2 Å². The standard InChI is InChI=1S/C21H26FN7/c1-23-21(24-11-6-10-20-26-25-19-9-4-5-12-29(19)20)28-15-13-27(14-16-28)18-8-3-2-7-17(18)22/h2-5,7-9,12H,6,10-11,13-16H2,1H3,(H,23,24). The molecule has 1 fully saturated rings. The summed E-state index contributed by atoms with van der Waals surface area (Å²) in [5.74, 6) is 1.70. The van der Waals surface area contributed by atoms with Crippen molar-refractivity contribution < 1.29 is 4.39 Å². The van der Waals surface area contributed by atoms with Gasteiger partial charge in [0.2, 0.25) is 0 Å². The summed E-state index contributed by atoms with van der Waals surface area (Å²) in [5, 5.41) is 11.9. The predicted octanol–water partition coefficient (Wildman–Crippen LogP) is 2.20. The number of benzene rings is 1. The molecule has 1 aliphatic heterocycles. The van der Waals surface area contributed by atoms with Crippen LogP contribution in [0.4, 0.5) is 10.1 Å². The van der Waals surface area contributed by atoms with Crippen molar-refractivity contribution >= 4 is 17.3 Å². The Balaban J connectivity index is 1.25. The molecule has 0 saturated carbocycles. The monoisotopic (exact) mass is 395 g/mol. The van der Waals surface area contributed by atoms with Crippen molar-refractivity contribution in [2.45, 2.75) is 12.8 Å². The van der Waals surface area contributed by atoms with Gasteiger partial charge in [0, 0.05) is 52.4 Å². The minimum atomic E-state index is -0.163. The summed E-state index contributed by atoms with van der Waals surface area (Å²) < 4.78 is 16.0. The van der Waals surface area contributed by atoms with Gasteiger partial charge in [-0.15, -0.1) is 10.2 Å². The highest BCUT2D eigenvalue weighted by Gasteiger charge is 2.21. The zero-order valence-electron chi connectivity index (χ0n) is 16.6. The van der Waals surface area contributed by atoms with Crippen molar-refractivity contribution in [3.63, 3.8) is 0 Å². The summed E-state index contributed by atoms with van der Waals surface area (Å²) in [4.78, 5) is 8.74. The van der Waals surface area contributed by atoms with Crippen molar-refractivity contribution in [2.75, 3.05) is 44.7 Å². The smallest absolute Gasteiger partial charge is 0.193 e. The van der Waals surface area contributed by atoms with Crippen LogP contribution in [0, 0.1) is 5.82 Å². The van der Waals surface area contributed by atoms with E-state index in [0.717, 1.165) is 63.0 Å². The van der Waals surface area contributed by atoms with E-state index in [4.69, 9.17) is 0 Å². The van der Waals surface area contributed by atoms with Crippen LogP contribution in [0.15, 0.2) is 53.7 Å². The number of aromatic nitrogens is 3. The molecule has 0 atom stereocenters. The second kappa shape index (κ2) is 8.89. The number of fused-ring (bicyclic) bond motifs is 1. The summed E-state index contributed by atoms with van der Waals surface area (Å²) in [6, 6.07) is 12.9. The average Bonchev–Trinajstić information content (AvgIpc) is 3.18. The summed E-state index contributed by atoms with van der Waals surface area (Å²) >= 11 is 0. The molecule has 0 bridgehead atoms. The first kappa shape index (κ1) is 19.2. The van der Waals surface area contributed by atoms with Gasteiger partial charge in [-0.05, 0) is 30.7 Å². The minimum absolute atomic E-state index is 0.163. The Morgan fingerprint density at radius 1 is 1.07 bits per heavy atom. The summed E-state index contributed by atoms with van der Waals surface area (Å²) in [5.41, 5.74) is 1.55. The highest BCUT2D eigenvalue weighted by molar-refractivity contribution is 5.80. The SMILES string of the molecule is CN=C(NCCCc1nnc2ccccn12)N1CCN(c2ccccc2F)CC1. The van der Waals surface area contributed by atoms with Gasteiger partial charge in [-0.2, -0.15) is 0 Å². The molecule has 3 aromatic rings. The number of halogens is 1. The van der Waals surface area contributed by atoms with E-state index in [1.807, 2.05) is 40.9 Å². The van der Waals surface area contributed by atoms with Crippen molar-refractivity contribution in [1.29, 1.82) is 0 Å². The Hall–Kier alpha value is -3.16. The van der Waals surface area contributed by atoms with Crippen molar-refractivity contribution in [3.05, 3.63) is 60.3 Å². The molecule has 152 valence electrons. The maximum atomic E-state index is 14.0. The molecule has 4 rings (SSSR count). The molecule has 1 saturated heterocycles. The molecule has 1 aliphatic rings. The number of hydrogen-bond acceptors (Lipinski definition) is 4. The Labute approximate surface area is 169 Å². The highest BCUT2D eigenvalue weighted by atomic mass is 19.1. The highest BCUT2D eigenvalue weighted by Crippen LogP contribution is 2.20. The van der Waals surface area contributed by atoms with Crippen molar-refractivity contribution in [2.24, 2.45) is 4.99 Å². The molecule has 1 N–H and O–H groups in total. The van der Waals surface area contributed by atoms with Crippen LogP contribution in [0.25, 0.3) is 5.65 Å². The van der Waals surface area contributed by atoms with E-state index in [0.29, 0.717) is 5.69 Å². The fraction of sp³-hybridized carbons (Fsp3) is 0.381. The number of pyridine rings is 1. The number of anilines is 1. The summed E-state index contributed by atoms with van der Waals surface area (Å²) in [7, 11) is 1.80. The minimum Gasteiger partial charge on any atom is -0.366 e. The number of hydrogen-bond donors (Lipinski definition) is 1. The second-order valence-electron chi connectivity index (χ2n) is 7.05. The van der Waals surface area contributed by atoms with Gasteiger partial charge >= 0.3 is 0 Å². The maximum absolute atomic E-state index is 14.0. The van der Waals surface area contributed by atoms with Gasteiger partial charge in [-0.1, -0.05) is 18.2 Å². The number of aliphatic imine (C=N–C) groups is 1. The molecule has 8 heteroatoms. The topological polar surface area (TPSA) is 61.1 Å². The van der Waals surface area contributed by atoms with Crippen LogP contribution in [0.1, 0.15) is 12.2 Å². The molecule has 0 spiro atoms. The van der Waals surface area contributed by atoms with E-state index in [1.165, 1.54) is 6.07 Å². The van der Waals surface area contributed by atoms with Gasteiger partial charge in [-0.3, -0.25) is 9.39 Å². The zero-order valence-corrected chi connectivity index (χ0v) is 16.6. The Kier molecular flexibility index (Phi) is 5.88. The van der Waals surface area contributed by atoms with Crippen LogP contribution in [-0.4, -0.2) is 65.2 Å². The quantitative estimate of drug-likeness (QED) is 0.408. The molecular formula is C21H26FN7. The molecule has 0 radical (unpaired) electrons. The number of aryl methyl sites for hydroxylation is 1. The van der Waals surface area contributed by atoms with Gasteiger partial charge < -0.3 is 15.1 Å². The first-order chi connectivity index (χ1) is 14.3. The van der Waals surface area contributed by atoms with Gasteiger partial charge in [-0.25, -0.2) is 4.39 Å². The Morgan fingerprint density at radius 3 is 2.66 bits per heavy atom. The fourth-order valence-electron chi connectivity index (χ4n) is 3.71. The third-order valence-corrected chi connectivity index (χ3v) is 5.23. The number of rotatable bonds is 5. The van der Waals surface area contributed by atoms with Crippen LogP contribution in [0.2, 0.25) is 0 Å². The van der Waals surface area contributed by atoms with Crippen LogP contribution >= 0.6 is 0 Å². The normalized spacial score (nSPS) is 15.2. The van der Waals surface area contributed by atoms with Crippen molar-refractivity contribution in [3.8, 4) is 0 Å². The molecule has 2 aromatic heterocycles. The van der Waals surface area contributed by atoms with Crippen LogP contribution in [-0.2, 0) is 6.42 Å². The van der Waals surface area contributed by atoms with Gasteiger partial charge in [0.1, 0.15) is 11.6 Å². The summed E-state index contributed by atoms with van der Waals surface area (Å²) in [6.45, 7) is 3.97.